The number of likely N-dealkylation sites (tertiary alicyclic amines) is 1. The number of carbonyl (C=O) groups excluding carboxylic acids is 2. The highest BCUT2D eigenvalue weighted by molar-refractivity contribution is 5.94. The van der Waals surface area contributed by atoms with Crippen molar-refractivity contribution in [3.63, 3.8) is 0 Å². The number of ether oxygens (including phenoxy) is 1. The molecule has 1 N–H and O–H groups in total. The van der Waals surface area contributed by atoms with E-state index in [1.165, 1.54) is 23.8 Å². The summed E-state index contributed by atoms with van der Waals surface area (Å²) in [6.45, 7) is 5.36. The van der Waals surface area contributed by atoms with Gasteiger partial charge in [-0.3, -0.25) is 14.5 Å². The van der Waals surface area contributed by atoms with E-state index in [4.69, 9.17) is 4.74 Å². The summed E-state index contributed by atoms with van der Waals surface area (Å²) in [7, 11) is 1.41. The molecule has 0 radical (unpaired) electrons. The molecular weight excluding hydrogens is 404 g/mol. The molecule has 1 aromatic heterocycles. The van der Waals surface area contributed by atoms with Crippen LogP contribution in [0.4, 0.5) is 0 Å². The molecule has 2 aromatic carbocycles. The van der Waals surface area contributed by atoms with E-state index < -0.39 is 0 Å². The van der Waals surface area contributed by atoms with Crippen molar-refractivity contribution in [2.75, 3.05) is 13.7 Å². The molecule has 0 aliphatic carbocycles. The fourth-order valence-corrected chi connectivity index (χ4v) is 4.21. The molecule has 2 heterocycles. The highest BCUT2D eigenvalue weighted by atomic mass is 16.5. The van der Waals surface area contributed by atoms with Crippen molar-refractivity contribution < 1.29 is 14.3 Å². The molecule has 1 aliphatic heterocycles. The maximum absolute atomic E-state index is 12.8. The van der Waals surface area contributed by atoms with Crippen molar-refractivity contribution in [2.24, 2.45) is 0 Å². The number of nitrogens with zero attached hydrogens (tertiary/aromatic N) is 3. The Bertz CT molecular complexity index is 1090. The summed E-state index contributed by atoms with van der Waals surface area (Å²) in [6.07, 6.45) is 4.09. The molecule has 1 fully saturated rings. The van der Waals surface area contributed by atoms with Crippen LogP contribution in [0, 0.1) is 13.8 Å². The van der Waals surface area contributed by atoms with Gasteiger partial charge < -0.3 is 10.1 Å². The van der Waals surface area contributed by atoms with Crippen LogP contribution in [0.5, 0.6) is 0 Å². The van der Waals surface area contributed by atoms with Crippen molar-refractivity contribution in [2.45, 2.75) is 38.9 Å². The van der Waals surface area contributed by atoms with Crippen LogP contribution >= 0.6 is 0 Å². The number of rotatable bonds is 6. The highest BCUT2D eigenvalue weighted by Crippen LogP contribution is 2.24. The maximum atomic E-state index is 12.8. The van der Waals surface area contributed by atoms with E-state index in [1.54, 1.807) is 23.0 Å². The average Bonchev–Trinajstić information content (AvgIpc) is 3.46. The Labute approximate surface area is 188 Å². The van der Waals surface area contributed by atoms with Crippen LogP contribution in [-0.4, -0.2) is 52.3 Å². The Hall–Kier alpha value is -3.45. The Balaban J connectivity index is 1.45. The molecular formula is C25H28N4O3. The topological polar surface area (TPSA) is 76.5 Å². The van der Waals surface area contributed by atoms with Gasteiger partial charge in [0.2, 0.25) is 0 Å². The summed E-state index contributed by atoms with van der Waals surface area (Å²) in [5.41, 5.74) is 5.01. The predicted octanol–water partition coefficient (Wildman–Crippen LogP) is 3.04. The Morgan fingerprint density at radius 1 is 1.16 bits per heavy atom. The number of benzene rings is 2. The molecule has 2 atom stereocenters. The standard InChI is InChI=1S/C25H28N4O3/c1-17-5-6-18(2)20(13-17)15-28-16-21(14-23(28)25(31)32-3)27-24(30)19-7-9-22(10-8-19)29-12-4-11-26-29/h4-13,21,23H,14-16H2,1-3H3,(H,27,30)/t21-,23+/m1/s1. The lowest BCUT2D eigenvalue weighted by Crippen LogP contribution is -2.37. The van der Waals surface area contributed by atoms with Crippen molar-refractivity contribution in [3.8, 4) is 5.69 Å². The minimum Gasteiger partial charge on any atom is -0.468 e. The van der Waals surface area contributed by atoms with Crippen molar-refractivity contribution >= 4 is 11.9 Å². The third-order valence-electron chi connectivity index (χ3n) is 5.99. The first-order valence-corrected chi connectivity index (χ1v) is 10.7. The van der Waals surface area contributed by atoms with E-state index in [1.807, 2.05) is 24.4 Å². The normalized spacial score (nSPS) is 18.5. The van der Waals surface area contributed by atoms with Gasteiger partial charge in [-0.25, -0.2) is 4.68 Å². The SMILES string of the molecule is COC(=O)[C@@H]1C[C@@H](NC(=O)c2ccc(-n3cccn3)cc2)CN1Cc1cc(C)ccc1C. The van der Waals surface area contributed by atoms with Gasteiger partial charge in [-0.05, 0) is 61.7 Å². The lowest BCUT2D eigenvalue weighted by Gasteiger charge is -2.23. The second-order valence-electron chi connectivity index (χ2n) is 8.30. The average molecular weight is 433 g/mol. The van der Waals surface area contributed by atoms with E-state index in [9.17, 15) is 9.59 Å². The second kappa shape index (κ2) is 9.36. The first-order chi connectivity index (χ1) is 15.4. The third kappa shape index (κ3) is 4.73. The zero-order valence-electron chi connectivity index (χ0n) is 18.6. The molecule has 166 valence electrons. The van der Waals surface area contributed by atoms with Crippen LogP contribution in [0.1, 0.15) is 33.5 Å². The fraction of sp³-hybridized carbons (Fsp3) is 0.320. The molecule has 0 spiro atoms. The second-order valence-corrected chi connectivity index (χ2v) is 8.30. The lowest BCUT2D eigenvalue weighted by atomic mass is 10.0. The van der Waals surface area contributed by atoms with Crippen LogP contribution in [0.3, 0.4) is 0 Å². The molecule has 0 unspecified atom stereocenters. The summed E-state index contributed by atoms with van der Waals surface area (Å²) >= 11 is 0. The van der Waals surface area contributed by atoms with E-state index in [0.717, 1.165) is 5.69 Å². The number of hydrogen-bond donors (Lipinski definition) is 1. The molecule has 0 saturated carbocycles. The first-order valence-electron chi connectivity index (χ1n) is 10.7. The summed E-state index contributed by atoms with van der Waals surface area (Å²) in [6, 6.07) is 15.0. The zero-order chi connectivity index (χ0) is 22.7. The van der Waals surface area contributed by atoms with Crippen molar-refractivity contribution in [3.05, 3.63) is 83.2 Å². The van der Waals surface area contributed by atoms with E-state index in [0.29, 0.717) is 25.1 Å². The quantitative estimate of drug-likeness (QED) is 0.606. The number of aryl methyl sites for hydroxylation is 2. The third-order valence-corrected chi connectivity index (χ3v) is 5.99. The molecule has 1 amide bonds. The Morgan fingerprint density at radius 2 is 1.94 bits per heavy atom. The van der Waals surface area contributed by atoms with Gasteiger partial charge in [0.15, 0.2) is 0 Å². The number of nitrogens with one attached hydrogen (secondary N) is 1. The van der Waals surface area contributed by atoms with Crippen molar-refractivity contribution in [1.82, 2.24) is 20.0 Å². The molecule has 3 aromatic rings. The van der Waals surface area contributed by atoms with E-state index in [2.05, 4.69) is 47.4 Å². The van der Waals surface area contributed by atoms with Gasteiger partial charge in [0.25, 0.3) is 5.91 Å². The molecule has 7 heteroatoms. The number of hydrogen-bond acceptors (Lipinski definition) is 5. The lowest BCUT2D eigenvalue weighted by molar-refractivity contribution is -0.146. The van der Waals surface area contributed by atoms with Gasteiger partial charge in [0.1, 0.15) is 6.04 Å². The number of carbonyl (C=O) groups is 2. The summed E-state index contributed by atoms with van der Waals surface area (Å²) in [5.74, 6) is -0.421. The fourth-order valence-electron chi connectivity index (χ4n) is 4.21. The number of amides is 1. The summed E-state index contributed by atoms with van der Waals surface area (Å²) in [4.78, 5) is 27.4. The van der Waals surface area contributed by atoms with Crippen LogP contribution in [0.2, 0.25) is 0 Å². The van der Waals surface area contributed by atoms with Gasteiger partial charge >= 0.3 is 5.97 Å². The number of methoxy groups -OCH3 is 1. The van der Waals surface area contributed by atoms with Crippen LogP contribution in [-0.2, 0) is 16.1 Å². The summed E-state index contributed by atoms with van der Waals surface area (Å²) < 4.78 is 6.78. The van der Waals surface area contributed by atoms with E-state index >= 15 is 0 Å². The molecule has 4 rings (SSSR count). The monoisotopic (exact) mass is 432 g/mol. The molecule has 0 bridgehead atoms. The molecule has 32 heavy (non-hydrogen) atoms. The van der Waals surface area contributed by atoms with Gasteiger partial charge in [-0.2, -0.15) is 5.10 Å². The van der Waals surface area contributed by atoms with E-state index in [-0.39, 0.29) is 24.0 Å². The highest BCUT2D eigenvalue weighted by Gasteiger charge is 2.38. The largest absolute Gasteiger partial charge is 0.468 e. The predicted molar refractivity (Wildman–Crippen MR) is 122 cm³/mol. The maximum Gasteiger partial charge on any atom is 0.323 e. The first kappa shape index (κ1) is 21.8. The molecule has 7 nitrogen and oxygen atoms in total. The van der Waals surface area contributed by atoms with Gasteiger partial charge in [0.05, 0.1) is 12.8 Å². The van der Waals surface area contributed by atoms with Gasteiger partial charge in [-0.1, -0.05) is 23.8 Å². The minimum absolute atomic E-state index is 0.137. The Kier molecular flexibility index (Phi) is 6.37. The number of esters is 1. The molecule has 1 saturated heterocycles. The van der Waals surface area contributed by atoms with Crippen molar-refractivity contribution in [1.29, 1.82) is 0 Å². The zero-order valence-corrected chi connectivity index (χ0v) is 18.6. The minimum atomic E-state index is -0.382. The van der Waals surface area contributed by atoms with Crippen LogP contribution in [0.25, 0.3) is 5.69 Å². The molecule has 1 aliphatic rings. The van der Waals surface area contributed by atoms with Crippen LogP contribution in [0.15, 0.2) is 60.9 Å². The Morgan fingerprint density at radius 3 is 2.62 bits per heavy atom. The van der Waals surface area contributed by atoms with Crippen LogP contribution < -0.4 is 5.32 Å². The smallest absolute Gasteiger partial charge is 0.323 e. The number of aromatic nitrogens is 2. The van der Waals surface area contributed by atoms with Gasteiger partial charge in [0, 0.05) is 37.1 Å². The summed E-state index contributed by atoms with van der Waals surface area (Å²) in [5, 5.41) is 7.29. The van der Waals surface area contributed by atoms with Gasteiger partial charge in [-0.15, -0.1) is 0 Å².